The Balaban J connectivity index is 1.98. The van der Waals surface area contributed by atoms with Crippen molar-refractivity contribution in [3.63, 3.8) is 0 Å². The van der Waals surface area contributed by atoms with Crippen LogP contribution >= 0.6 is 0 Å². The molecule has 0 aliphatic carbocycles. The molecule has 0 aromatic heterocycles. The summed E-state index contributed by atoms with van der Waals surface area (Å²) in [6, 6.07) is 6.82. The summed E-state index contributed by atoms with van der Waals surface area (Å²) in [5.74, 6) is -3.28. The van der Waals surface area contributed by atoms with Crippen molar-refractivity contribution in [1.29, 1.82) is 10.8 Å². The number of amidine groups is 2. The summed E-state index contributed by atoms with van der Waals surface area (Å²) < 4.78 is 15.6. The molecule has 38 heavy (non-hydrogen) atoms. The van der Waals surface area contributed by atoms with Crippen LogP contribution in [0.5, 0.6) is 11.5 Å². The highest BCUT2D eigenvalue weighted by Gasteiger charge is 2.29. The van der Waals surface area contributed by atoms with E-state index in [1.165, 1.54) is 18.2 Å². The Kier molecular flexibility index (Phi) is 9.45. The summed E-state index contributed by atoms with van der Waals surface area (Å²) in [5.41, 5.74) is 1.03. The SMILES string of the molecule is CCN1CCN(Cc2ccc(N(C(=N)C(=O)NC(C)C)C(=N)c3cc(C(C)C)c(O)cc3O)c(F)c2)CC1. The third-order valence-corrected chi connectivity index (χ3v) is 6.68. The van der Waals surface area contributed by atoms with Gasteiger partial charge in [0, 0.05) is 44.8 Å². The number of hydrogen-bond donors (Lipinski definition) is 5. The summed E-state index contributed by atoms with van der Waals surface area (Å²) in [7, 11) is 0. The van der Waals surface area contributed by atoms with E-state index in [2.05, 4.69) is 22.0 Å². The molecule has 1 saturated heterocycles. The summed E-state index contributed by atoms with van der Waals surface area (Å²) in [5, 5.41) is 40.8. The minimum Gasteiger partial charge on any atom is -0.508 e. The van der Waals surface area contributed by atoms with Crippen LogP contribution < -0.4 is 10.2 Å². The van der Waals surface area contributed by atoms with E-state index in [-0.39, 0.29) is 29.0 Å². The average molecular weight is 527 g/mol. The Hall–Kier alpha value is -3.50. The van der Waals surface area contributed by atoms with Gasteiger partial charge in [-0.05, 0) is 55.6 Å². The Labute approximate surface area is 223 Å². The fourth-order valence-electron chi connectivity index (χ4n) is 4.50. The lowest BCUT2D eigenvalue weighted by molar-refractivity contribution is -0.115. The monoisotopic (exact) mass is 526 g/mol. The van der Waals surface area contributed by atoms with Crippen LogP contribution in [0.3, 0.4) is 0 Å². The maximum atomic E-state index is 15.6. The van der Waals surface area contributed by atoms with Crippen molar-refractivity contribution < 1.29 is 19.4 Å². The van der Waals surface area contributed by atoms with Gasteiger partial charge in [0.05, 0.1) is 11.3 Å². The second-order valence-electron chi connectivity index (χ2n) is 10.2. The van der Waals surface area contributed by atoms with Gasteiger partial charge < -0.3 is 20.4 Å². The van der Waals surface area contributed by atoms with E-state index >= 15 is 4.39 Å². The largest absolute Gasteiger partial charge is 0.508 e. The van der Waals surface area contributed by atoms with E-state index in [1.54, 1.807) is 19.9 Å². The molecule has 1 amide bonds. The number of likely N-dealkylation sites (N-methyl/N-ethyl adjacent to an activating group) is 1. The van der Waals surface area contributed by atoms with Crippen LogP contribution in [0.25, 0.3) is 0 Å². The molecule has 206 valence electrons. The first-order valence-electron chi connectivity index (χ1n) is 13.0. The summed E-state index contributed by atoms with van der Waals surface area (Å²) in [4.78, 5) is 18.3. The predicted molar refractivity (Wildman–Crippen MR) is 148 cm³/mol. The van der Waals surface area contributed by atoms with E-state index in [4.69, 9.17) is 10.8 Å². The lowest BCUT2D eigenvalue weighted by Crippen LogP contribution is -2.48. The topological polar surface area (TPSA) is 127 Å². The Morgan fingerprint density at radius 1 is 1.03 bits per heavy atom. The maximum absolute atomic E-state index is 15.6. The molecule has 0 spiro atoms. The van der Waals surface area contributed by atoms with Gasteiger partial charge in [-0.3, -0.25) is 25.4 Å². The van der Waals surface area contributed by atoms with Crippen LogP contribution in [-0.4, -0.2) is 76.4 Å². The number of piperazine rings is 1. The van der Waals surface area contributed by atoms with Crippen LogP contribution in [0.4, 0.5) is 10.1 Å². The van der Waals surface area contributed by atoms with Gasteiger partial charge in [0.2, 0.25) is 0 Å². The molecule has 0 radical (unpaired) electrons. The van der Waals surface area contributed by atoms with Gasteiger partial charge in [0.15, 0.2) is 5.84 Å². The average Bonchev–Trinajstić information content (AvgIpc) is 2.85. The quantitative estimate of drug-likeness (QED) is 0.276. The molecule has 2 aromatic carbocycles. The third kappa shape index (κ3) is 6.68. The molecule has 2 aromatic rings. The molecular formula is C28H39FN6O3. The molecule has 1 fully saturated rings. The molecule has 5 N–H and O–H groups in total. The number of halogens is 1. The van der Waals surface area contributed by atoms with Crippen LogP contribution in [0.1, 0.15) is 57.2 Å². The number of aromatic hydroxyl groups is 2. The summed E-state index contributed by atoms with van der Waals surface area (Å²) in [6.07, 6.45) is 0. The van der Waals surface area contributed by atoms with E-state index in [0.29, 0.717) is 12.1 Å². The number of rotatable bonds is 7. The van der Waals surface area contributed by atoms with Gasteiger partial charge in [0.1, 0.15) is 23.2 Å². The maximum Gasteiger partial charge on any atom is 0.287 e. The number of nitrogens with zero attached hydrogens (tertiary/aromatic N) is 3. The second kappa shape index (κ2) is 12.4. The van der Waals surface area contributed by atoms with Crippen LogP contribution in [0.15, 0.2) is 30.3 Å². The zero-order chi connectivity index (χ0) is 28.1. The highest BCUT2D eigenvalue weighted by molar-refractivity contribution is 6.48. The zero-order valence-corrected chi connectivity index (χ0v) is 22.8. The highest BCUT2D eigenvalue weighted by Crippen LogP contribution is 2.34. The van der Waals surface area contributed by atoms with Crippen LogP contribution in [0, 0.1) is 16.6 Å². The van der Waals surface area contributed by atoms with Gasteiger partial charge >= 0.3 is 0 Å². The number of carbonyl (C=O) groups is 1. The fraction of sp³-hybridized carbons (Fsp3) is 0.464. The molecule has 0 saturated carbocycles. The lowest BCUT2D eigenvalue weighted by Gasteiger charge is -2.34. The van der Waals surface area contributed by atoms with Crippen molar-refractivity contribution in [3.05, 3.63) is 52.8 Å². The Morgan fingerprint density at radius 3 is 2.21 bits per heavy atom. The van der Waals surface area contributed by atoms with Gasteiger partial charge in [0.25, 0.3) is 5.91 Å². The third-order valence-electron chi connectivity index (χ3n) is 6.68. The first-order chi connectivity index (χ1) is 17.9. The van der Waals surface area contributed by atoms with Crippen molar-refractivity contribution in [2.24, 2.45) is 0 Å². The summed E-state index contributed by atoms with van der Waals surface area (Å²) >= 11 is 0. The molecule has 9 nitrogen and oxygen atoms in total. The molecule has 1 aliphatic rings. The number of phenols is 2. The first-order valence-corrected chi connectivity index (χ1v) is 13.0. The zero-order valence-electron chi connectivity index (χ0n) is 22.8. The Morgan fingerprint density at radius 2 is 1.66 bits per heavy atom. The fourth-order valence-corrected chi connectivity index (χ4v) is 4.50. The van der Waals surface area contributed by atoms with Crippen LogP contribution in [-0.2, 0) is 11.3 Å². The summed E-state index contributed by atoms with van der Waals surface area (Å²) in [6.45, 7) is 14.5. The molecule has 3 rings (SSSR count). The van der Waals surface area contributed by atoms with Gasteiger partial charge in [-0.1, -0.05) is 26.8 Å². The standard InChI is InChI=1S/C28H39FN6O3/c1-6-33-9-11-34(12-10-33)16-19-7-8-23(22(29)13-19)35(27(31)28(38)32-18(4)5)26(30)21-14-20(17(2)3)24(36)15-25(21)37/h7-8,13-15,17-18,30-31,36-37H,6,9-12,16H2,1-5H3,(H,32,38). The number of carbonyl (C=O) groups excluding carboxylic acids is 1. The van der Waals surface area contributed by atoms with E-state index in [1.807, 2.05) is 13.8 Å². The van der Waals surface area contributed by atoms with Crippen molar-refractivity contribution >= 4 is 23.3 Å². The van der Waals surface area contributed by atoms with Crippen molar-refractivity contribution in [3.8, 4) is 11.5 Å². The number of benzene rings is 2. The van der Waals surface area contributed by atoms with Gasteiger partial charge in [-0.2, -0.15) is 0 Å². The second-order valence-corrected chi connectivity index (χ2v) is 10.2. The Bertz CT molecular complexity index is 1190. The van der Waals surface area contributed by atoms with E-state index in [9.17, 15) is 15.0 Å². The number of hydrogen-bond acceptors (Lipinski definition) is 7. The molecule has 1 aliphatic heterocycles. The van der Waals surface area contributed by atoms with Crippen molar-refractivity contribution in [1.82, 2.24) is 15.1 Å². The highest BCUT2D eigenvalue weighted by atomic mass is 19.1. The number of phenolic OH excluding ortho intramolecular Hbond substituents is 2. The van der Waals surface area contributed by atoms with Crippen LogP contribution in [0.2, 0.25) is 0 Å². The molecule has 10 heteroatoms. The first kappa shape index (κ1) is 29.1. The predicted octanol–water partition coefficient (Wildman–Crippen LogP) is 3.83. The number of nitrogens with one attached hydrogen (secondary N) is 3. The molecule has 0 atom stereocenters. The minimum absolute atomic E-state index is 0.0362. The molecule has 0 bridgehead atoms. The van der Waals surface area contributed by atoms with E-state index in [0.717, 1.165) is 49.3 Å². The molecular weight excluding hydrogens is 487 g/mol. The van der Waals surface area contributed by atoms with Crippen molar-refractivity contribution in [2.75, 3.05) is 37.6 Å². The molecule has 0 unspecified atom stereocenters. The lowest BCUT2D eigenvalue weighted by atomic mass is 9.98. The molecule has 1 heterocycles. The smallest absolute Gasteiger partial charge is 0.287 e. The number of anilines is 1. The van der Waals surface area contributed by atoms with E-state index < -0.39 is 29.1 Å². The van der Waals surface area contributed by atoms with Gasteiger partial charge in [-0.25, -0.2) is 4.39 Å². The normalized spacial score (nSPS) is 14.6. The minimum atomic E-state index is -0.788. The number of amides is 1. The van der Waals surface area contributed by atoms with Crippen molar-refractivity contribution in [2.45, 2.75) is 53.1 Å². The van der Waals surface area contributed by atoms with Gasteiger partial charge in [-0.15, -0.1) is 0 Å².